The summed E-state index contributed by atoms with van der Waals surface area (Å²) in [7, 11) is 0. The number of halogens is 2. The largest absolute Gasteiger partial charge is 0.502 e. The van der Waals surface area contributed by atoms with Crippen LogP contribution in [0.4, 0.5) is 8.78 Å². The zero-order chi connectivity index (χ0) is 27.8. The third kappa shape index (κ3) is 3.71. The summed E-state index contributed by atoms with van der Waals surface area (Å²) in [5, 5.41) is 12.6. The van der Waals surface area contributed by atoms with Gasteiger partial charge in [-0.15, -0.1) is 11.8 Å². The maximum atomic E-state index is 15.4. The first-order chi connectivity index (χ1) is 19.2. The first kappa shape index (κ1) is 23.5. The number of pyridine rings is 1. The van der Waals surface area contributed by atoms with Gasteiger partial charge >= 0.3 is 0 Å². The molecule has 0 bridgehead atoms. The lowest BCUT2D eigenvalue weighted by atomic mass is 9.71. The van der Waals surface area contributed by atoms with Crippen LogP contribution in [-0.2, 0) is 10.5 Å². The number of nitrogens with zero attached hydrogens (tertiary/aromatic N) is 3. The summed E-state index contributed by atoms with van der Waals surface area (Å²) in [6, 6.07) is 9.06. The maximum Gasteiger partial charge on any atom is 0.278 e. The number of amides is 1. The van der Waals surface area contributed by atoms with Crippen molar-refractivity contribution in [3.63, 3.8) is 0 Å². The van der Waals surface area contributed by atoms with Crippen LogP contribution in [0, 0.1) is 17.0 Å². The Hall–Kier alpha value is -3.37. The molecule has 0 aliphatic carbocycles. The Morgan fingerprint density at radius 2 is 1.85 bits per heavy atom. The van der Waals surface area contributed by atoms with Gasteiger partial charge in [-0.1, -0.05) is 24.3 Å². The molecular weight excluding hydrogens is 524 g/mol. The van der Waals surface area contributed by atoms with Gasteiger partial charge in [0.15, 0.2) is 23.1 Å². The normalized spacial score (nSPS) is 25.7. The highest BCUT2D eigenvalue weighted by atomic mass is 32.2. The highest BCUT2D eigenvalue weighted by molar-refractivity contribution is 7.98. The minimum Gasteiger partial charge on any atom is -0.502 e. The van der Waals surface area contributed by atoms with Crippen LogP contribution in [0.1, 0.15) is 60.3 Å². The van der Waals surface area contributed by atoms with E-state index in [9.17, 15) is 20.5 Å². The number of fused-ring (bicyclic) bond motifs is 4. The lowest BCUT2D eigenvalue weighted by molar-refractivity contribution is -0.0430. The molecule has 0 unspecified atom stereocenters. The number of hydrogen-bond donors (Lipinski definition) is 1. The molecule has 4 aliphatic heterocycles. The molecule has 0 saturated carbocycles. The Morgan fingerprint density at radius 3 is 2.67 bits per heavy atom. The quantitative estimate of drug-likeness (QED) is 0.478. The van der Waals surface area contributed by atoms with E-state index < -0.39 is 40.9 Å². The fraction of sp³-hybridized carbons (Fsp3) is 0.379. The van der Waals surface area contributed by atoms with E-state index >= 15 is 4.39 Å². The van der Waals surface area contributed by atoms with Crippen LogP contribution in [0.3, 0.4) is 0 Å². The average molecular weight is 553 g/mol. The Labute approximate surface area is 229 Å². The number of aromatic nitrogens is 1. The van der Waals surface area contributed by atoms with Gasteiger partial charge in [0.1, 0.15) is 6.17 Å². The summed E-state index contributed by atoms with van der Waals surface area (Å²) < 4.78 is 47.4. The molecule has 7 rings (SSSR count). The smallest absolute Gasteiger partial charge is 0.278 e. The minimum absolute atomic E-state index is 0.0723. The third-order valence-electron chi connectivity index (χ3n) is 8.64. The van der Waals surface area contributed by atoms with Gasteiger partial charge < -0.3 is 14.7 Å². The Kier molecular flexibility index (Phi) is 5.48. The van der Waals surface area contributed by atoms with Gasteiger partial charge in [0.25, 0.3) is 5.91 Å². The minimum atomic E-state index is -1.85. The van der Waals surface area contributed by atoms with E-state index in [0.717, 1.165) is 36.3 Å². The summed E-state index contributed by atoms with van der Waals surface area (Å²) in [6.07, 6.45) is 3.57. The molecule has 1 amide bonds. The summed E-state index contributed by atoms with van der Waals surface area (Å²) in [5.41, 5.74) is -0.230. The second-order valence-corrected chi connectivity index (χ2v) is 11.7. The average Bonchev–Trinajstić information content (AvgIpc) is 3.08. The molecule has 2 fully saturated rings. The highest BCUT2D eigenvalue weighted by Crippen LogP contribution is 2.50. The van der Waals surface area contributed by atoms with Crippen molar-refractivity contribution in [2.45, 2.75) is 48.5 Å². The number of piperidine rings is 1. The van der Waals surface area contributed by atoms with E-state index in [1.54, 1.807) is 22.0 Å². The highest BCUT2D eigenvalue weighted by Gasteiger charge is 2.51. The maximum absolute atomic E-state index is 15.4. The lowest BCUT2D eigenvalue weighted by Crippen LogP contribution is -2.66. The number of hydrogen-bond acceptors (Lipinski definition) is 6. The fourth-order valence-corrected chi connectivity index (χ4v) is 7.61. The van der Waals surface area contributed by atoms with E-state index in [0.29, 0.717) is 31.7 Å². The van der Waals surface area contributed by atoms with Crippen LogP contribution in [-0.4, -0.2) is 46.5 Å². The number of aromatic hydroxyl groups is 1. The van der Waals surface area contributed by atoms with Crippen LogP contribution in [0.2, 0.25) is 0 Å². The summed E-state index contributed by atoms with van der Waals surface area (Å²) in [6.45, 7) is 1.56. The summed E-state index contributed by atoms with van der Waals surface area (Å²) >= 11 is 1.32. The molecule has 5 heterocycles. The van der Waals surface area contributed by atoms with Crippen molar-refractivity contribution in [1.29, 1.82) is 0 Å². The Morgan fingerprint density at radius 1 is 1.05 bits per heavy atom. The lowest BCUT2D eigenvalue weighted by Gasteiger charge is -2.56. The SMILES string of the molecule is [2H][C@]1(N2[C@@H]3CC4(CCOCC4)CCN3C(=O)c3c(O)c(=O)ccn32)c2ccccc2SCc2c1ccc(F)c2F. The van der Waals surface area contributed by atoms with Crippen molar-refractivity contribution in [2.24, 2.45) is 5.41 Å². The summed E-state index contributed by atoms with van der Waals surface area (Å²) in [5.74, 6) is -3.09. The molecule has 3 aromatic rings. The van der Waals surface area contributed by atoms with Crippen molar-refractivity contribution in [1.82, 2.24) is 9.58 Å². The van der Waals surface area contributed by atoms with Gasteiger partial charge in [0, 0.05) is 48.2 Å². The number of ether oxygens (including phenoxy) is 1. The van der Waals surface area contributed by atoms with Crippen LogP contribution in [0.25, 0.3) is 0 Å². The number of thioether (sulfide) groups is 1. The van der Waals surface area contributed by atoms with Crippen LogP contribution in [0.15, 0.2) is 58.4 Å². The van der Waals surface area contributed by atoms with E-state index in [4.69, 9.17) is 4.74 Å². The van der Waals surface area contributed by atoms with Crippen molar-refractivity contribution in [3.8, 4) is 5.75 Å². The predicted octanol–water partition coefficient (Wildman–Crippen LogP) is 4.54. The second-order valence-electron chi connectivity index (χ2n) is 10.6. The topological polar surface area (TPSA) is 75.0 Å². The Bertz CT molecular complexity index is 1610. The molecule has 2 saturated heterocycles. The molecule has 1 aromatic heterocycles. The van der Waals surface area contributed by atoms with Gasteiger partial charge in [0.05, 0.1) is 7.39 Å². The fourth-order valence-electron chi connectivity index (χ4n) is 6.54. The molecule has 0 radical (unpaired) electrons. The predicted molar refractivity (Wildman–Crippen MR) is 141 cm³/mol. The van der Waals surface area contributed by atoms with Gasteiger partial charge in [-0.3, -0.25) is 19.3 Å². The first-order valence-corrected chi connectivity index (χ1v) is 14.1. The van der Waals surface area contributed by atoms with Crippen molar-refractivity contribution in [3.05, 3.63) is 92.9 Å². The monoisotopic (exact) mass is 552 g/mol. The molecule has 39 heavy (non-hydrogen) atoms. The standard InChI is InChI=1S/C29H27F2N3O4S/c30-20-6-5-17-19(24(20)31)16-39-22-4-2-1-3-18(22)25(17)34-23-15-29(9-13-38-14-10-29)8-12-32(23)28(37)26-27(36)21(35)7-11-33(26)34/h1-7,11,23,25,36H,8-10,12-16H2/t23-,25-/m1/s1/i25D. The van der Waals surface area contributed by atoms with Crippen molar-refractivity contribution in [2.75, 3.05) is 24.8 Å². The van der Waals surface area contributed by atoms with Crippen molar-refractivity contribution < 1.29 is 24.8 Å². The first-order valence-electron chi connectivity index (χ1n) is 13.6. The second kappa shape index (κ2) is 9.09. The molecule has 1 N–H and O–H groups in total. The van der Waals surface area contributed by atoms with Crippen molar-refractivity contribution >= 4 is 17.7 Å². The molecule has 10 heteroatoms. The molecule has 1 spiro atoms. The van der Waals surface area contributed by atoms with Crippen LogP contribution in [0.5, 0.6) is 5.75 Å². The number of rotatable bonds is 1. The molecule has 202 valence electrons. The van der Waals surface area contributed by atoms with E-state index in [-0.39, 0.29) is 28.0 Å². The number of carbonyl (C=O) groups excluding carboxylic acids is 1. The number of benzene rings is 2. The van der Waals surface area contributed by atoms with Crippen LogP contribution < -0.4 is 10.4 Å². The Balaban J connectivity index is 1.54. The molecular formula is C29H27F2N3O4S. The number of carbonyl (C=O) groups is 1. The summed E-state index contributed by atoms with van der Waals surface area (Å²) in [4.78, 5) is 28.7. The molecule has 4 aliphatic rings. The van der Waals surface area contributed by atoms with Gasteiger partial charge in [0.2, 0.25) is 5.43 Å². The van der Waals surface area contributed by atoms with Gasteiger partial charge in [-0.2, -0.15) is 0 Å². The van der Waals surface area contributed by atoms with E-state index in [2.05, 4.69) is 0 Å². The zero-order valence-corrected chi connectivity index (χ0v) is 21.8. The van der Waals surface area contributed by atoms with Crippen LogP contribution >= 0.6 is 11.8 Å². The molecule has 2 aromatic carbocycles. The van der Waals surface area contributed by atoms with E-state index in [1.807, 2.05) is 12.1 Å². The zero-order valence-electron chi connectivity index (χ0n) is 22.0. The molecule has 2 atom stereocenters. The van der Waals surface area contributed by atoms with E-state index in [1.165, 1.54) is 28.7 Å². The van der Waals surface area contributed by atoms with Gasteiger partial charge in [-0.05, 0) is 54.4 Å². The molecule has 7 nitrogen and oxygen atoms in total. The third-order valence-corrected chi connectivity index (χ3v) is 9.74. The van der Waals surface area contributed by atoms with Gasteiger partial charge in [-0.25, -0.2) is 8.78 Å².